The lowest BCUT2D eigenvalue weighted by molar-refractivity contribution is -0.894. The van der Waals surface area contributed by atoms with E-state index in [-0.39, 0.29) is 0 Å². The highest BCUT2D eigenvalue weighted by atomic mass is 16.2. The molecule has 0 bridgehead atoms. The Hall–Kier alpha value is -2.54. The number of amides is 4. The van der Waals surface area contributed by atoms with Gasteiger partial charge >= 0.3 is 6.03 Å². The van der Waals surface area contributed by atoms with Crippen LogP contribution in [0.1, 0.15) is 19.4 Å². The van der Waals surface area contributed by atoms with Crippen molar-refractivity contribution < 1.29 is 19.3 Å². The number of aliphatic imine (C=N–C) groups is 1. The highest BCUT2D eigenvalue weighted by Crippen LogP contribution is 2.23. The fourth-order valence-corrected chi connectivity index (χ4v) is 2.77. The number of urea groups is 1. The zero-order valence-electron chi connectivity index (χ0n) is 14.9. The summed E-state index contributed by atoms with van der Waals surface area (Å²) in [5.41, 5.74) is 1.25. The molecule has 0 aliphatic carbocycles. The highest BCUT2D eigenvalue weighted by molar-refractivity contribution is 6.32. The lowest BCUT2D eigenvalue weighted by Gasteiger charge is -2.29. The van der Waals surface area contributed by atoms with E-state index in [0.29, 0.717) is 12.2 Å². The van der Waals surface area contributed by atoms with Crippen LogP contribution in [0, 0.1) is 12.8 Å². The van der Waals surface area contributed by atoms with E-state index in [2.05, 4.69) is 24.2 Å². The second kappa shape index (κ2) is 8.53. The molecule has 1 unspecified atom stereocenters. The van der Waals surface area contributed by atoms with Gasteiger partial charge in [0.1, 0.15) is 0 Å². The number of imide groups is 2. The monoisotopic (exact) mass is 345 g/mol. The smallest absolute Gasteiger partial charge is 0.334 e. The van der Waals surface area contributed by atoms with Crippen molar-refractivity contribution in [1.82, 2.24) is 5.32 Å². The van der Waals surface area contributed by atoms with Crippen LogP contribution >= 0.6 is 0 Å². The Labute approximate surface area is 147 Å². The number of aryl methyl sites for hydroxylation is 1. The largest absolute Gasteiger partial charge is 0.335 e. The molecule has 0 radical (unpaired) electrons. The number of carbonyl (C=O) groups excluding carboxylic acids is 3. The van der Waals surface area contributed by atoms with Gasteiger partial charge in [0.05, 0.1) is 31.9 Å². The van der Waals surface area contributed by atoms with Gasteiger partial charge in [0.2, 0.25) is 5.91 Å². The van der Waals surface area contributed by atoms with Crippen molar-refractivity contribution in [2.75, 3.05) is 31.1 Å². The van der Waals surface area contributed by atoms with Gasteiger partial charge < -0.3 is 4.90 Å². The Morgan fingerprint density at radius 3 is 2.52 bits per heavy atom. The summed E-state index contributed by atoms with van der Waals surface area (Å²) in [6, 6.07) is 6.34. The molecule has 2 N–H and O–H groups in total. The summed E-state index contributed by atoms with van der Waals surface area (Å²) >= 11 is 0. The van der Waals surface area contributed by atoms with Crippen molar-refractivity contribution in [2.24, 2.45) is 10.9 Å². The van der Waals surface area contributed by atoms with Crippen LogP contribution in [0.4, 0.5) is 10.5 Å². The molecule has 1 aromatic carbocycles. The van der Waals surface area contributed by atoms with Gasteiger partial charge in [-0.05, 0) is 32.4 Å². The van der Waals surface area contributed by atoms with Crippen molar-refractivity contribution in [1.29, 1.82) is 0 Å². The van der Waals surface area contributed by atoms with Crippen molar-refractivity contribution in [3.05, 3.63) is 29.8 Å². The quantitative estimate of drug-likeness (QED) is 0.547. The van der Waals surface area contributed by atoms with E-state index in [1.165, 1.54) is 11.1 Å². The predicted molar refractivity (Wildman–Crippen MR) is 96.0 cm³/mol. The standard InChI is InChI=1S/C18H24N4O3/c1-4-21(5-2)11-10-19-12-14-16(23)20-18(25)22(17(14)24)15-9-7-6-8-13(15)3/h6-9,12,14H,4-5,10-11H2,1-3H3,(H,20,23,25)/p+1. The number of para-hydroxylation sites is 1. The zero-order valence-corrected chi connectivity index (χ0v) is 14.9. The zero-order chi connectivity index (χ0) is 18.4. The molecule has 0 aromatic heterocycles. The van der Waals surface area contributed by atoms with Crippen LogP contribution in [-0.4, -0.2) is 50.2 Å². The minimum atomic E-state index is -1.08. The van der Waals surface area contributed by atoms with Gasteiger partial charge in [-0.2, -0.15) is 0 Å². The topological polar surface area (TPSA) is 83.3 Å². The van der Waals surface area contributed by atoms with Gasteiger partial charge in [-0.25, -0.2) is 9.69 Å². The summed E-state index contributed by atoms with van der Waals surface area (Å²) in [6.45, 7) is 9.40. The molecule has 25 heavy (non-hydrogen) atoms. The number of benzene rings is 1. The summed E-state index contributed by atoms with van der Waals surface area (Å²) in [7, 11) is 0. The number of carbonyl (C=O) groups is 3. The van der Waals surface area contributed by atoms with Crippen molar-refractivity contribution in [3.63, 3.8) is 0 Å². The predicted octanol–water partition coefficient (Wildman–Crippen LogP) is 0.190. The third-order valence-electron chi connectivity index (χ3n) is 4.41. The molecule has 4 amide bonds. The molecular weight excluding hydrogens is 320 g/mol. The highest BCUT2D eigenvalue weighted by Gasteiger charge is 2.40. The van der Waals surface area contributed by atoms with Crippen molar-refractivity contribution in [3.8, 4) is 0 Å². The van der Waals surface area contributed by atoms with Crippen LogP contribution in [0.3, 0.4) is 0 Å². The number of nitrogens with zero attached hydrogens (tertiary/aromatic N) is 2. The van der Waals surface area contributed by atoms with E-state index in [1.807, 2.05) is 19.1 Å². The molecule has 1 aliphatic rings. The van der Waals surface area contributed by atoms with Crippen LogP contribution < -0.4 is 15.1 Å². The number of hydrogen-bond acceptors (Lipinski definition) is 4. The van der Waals surface area contributed by atoms with Crippen LogP contribution in [0.2, 0.25) is 0 Å². The summed E-state index contributed by atoms with van der Waals surface area (Å²) in [6.07, 6.45) is 1.36. The minimum Gasteiger partial charge on any atom is -0.334 e. The van der Waals surface area contributed by atoms with Crippen molar-refractivity contribution >= 4 is 29.7 Å². The molecule has 7 nitrogen and oxygen atoms in total. The van der Waals surface area contributed by atoms with Crippen LogP contribution in [0.15, 0.2) is 29.3 Å². The maximum atomic E-state index is 12.7. The molecule has 1 aliphatic heterocycles. The maximum Gasteiger partial charge on any atom is 0.335 e. The van der Waals surface area contributed by atoms with E-state index in [0.717, 1.165) is 30.1 Å². The Balaban J connectivity index is 2.13. The number of barbiturate groups is 1. The van der Waals surface area contributed by atoms with Gasteiger partial charge in [-0.15, -0.1) is 0 Å². The Morgan fingerprint density at radius 2 is 1.88 bits per heavy atom. The van der Waals surface area contributed by atoms with Crippen molar-refractivity contribution in [2.45, 2.75) is 20.8 Å². The molecule has 0 saturated carbocycles. The molecule has 1 saturated heterocycles. The summed E-state index contributed by atoms with van der Waals surface area (Å²) in [5, 5.41) is 2.24. The van der Waals surface area contributed by atoms with E-state index >= 15 is 0 Å². The third-order valence-corrected chi connectivity index (χ3v) is 4.41. The second-order valence-electron chi connectivity index (χ2n) is 5.99. The summed E-state index contributed by atoms with van der Waals surface area (Å²) in [5.74, 6) is -2.27. The van der Waals surface area contributed by atoms with E-state index < -0.39 is 23.8 Å². The maximum absolute atomic E-state index is 12.7. The number of rotatable bonds is 7. The van der Waals surface area contributed by atoms with Crippen LogP contribution in [0.25, 0.3) is 0 Å². The summed E-state index contributed by atoms with van der Waals surface area (Å²) in [4.78, 5) is 43.5. The first kappa shape index (κ1) is 18.8. The van der Waals surface area contributed by atoms with Gasteiger partial charge in [-0.1, -0.05) is 18.2 Å². The van der Waals surface area contributed by atoms with E-state index in [9.17, 15) is 14.4 Å². The molecule has 1 atom stereocenters. The van der Waals surface area contributed by atoms with Crippen LogP contribution in [-0.2, 0) is 9.59 Å². The third kappa shape index (κ3) is 4.30. The molecule has 7 heteroatoms. The first-order valence-electron chi connectivity index (χ1n) is 8.57. The van der Waals surface area contributed by atoms with Crippen LogP contribution in [0.5, 0.6) is 0 Å². The molecule has 1 aromatic rings. The fourth-order valence-electron chi connectivity index (χ4n) is 2.77. The number of hydrogen-bond donors (Lipinski definition) is 2. The van der Waals surface area contributed by atoms with Gasteiger partial charge in [0, 0.05) is 6.21 Å². The lowest BCUT2D eigenvalue weighted by atomic mass is 10.0. The van der Waals surface area contributed by atoms with E-state index in [4.69, 9.17) is 0 Å². The number of quaternary nitrogens is 1. The van der Waals surface area contributed by atoms with Gasteiger partial charge in [0.15, 0.2) is 5.92 Å². The average molecular weight is 345 g/mol. The molecule has 1 fully saturated rings. The van der Waals surface area contributed by atoms with Gasteiger partial charge in [0.25, 0.3) is 5.91 Å². The number of anilines is 1. The molecule has 2 rings (SSSR count). The average Bonchev–Trinajstić information content (AvgIpc) is 2.59. The Morgan fingerprint density at radius 1 is 1.20 bits per heavy atom. The first-order valence-corrected chi connectivity index (χ1v) is 8.57. The first-order chi connectivity index (χ1) is 12.0. The fraction of sp³-hybridized carbons (Fsp3) is 0.444. The Kier molecular flexibility index (Phi) is 6.41. The Bertz CT molecular complexity index is 683. The number of likely N-dealkylation sites (N-methyl/N-ethyl adjacent to an activating group) is 1. The minimum absolute atomic E-state index is 0.475. The molecule has 0 spiro atoms. The lowest BCUT2D eigenvalue weighted by Crippen LogP contribution is -3.11. The molecule has 1 heterocycles. The SMILES string of the molecule is CC[NH+](CC)CCN=CC1C(=O)NC(=O)N(c2ccccc2C)C1=O. The molecular formula is C18H25N4O3+. The summed E-state index contributed by atoms with van der Waals surface area (Å²) < 4.78 is 0. The second-order valence-corrected chi connectivity index (χ2v) is 5.99. The normalized spacial score (nSPS) is 18.3. The van der Waals surface area contributed by atoms with E-state index in [1.54, 1.807) is 12.1 Å². The molecule has 134 valence electrons. The van der Waals surface area contributed by atoms with Gasteiger partial charge in [-0.3, -0.25) is 19.9 Å². The number of nitrogens with one attached hydrogen (secondary N) is 2.